The van der Waals surface area contributed by atoms with Gasteiger partial charge in [0.25, 0.3) is 0 Å². The van der Waals surface area contributed by atoms with Gasteiger partial charge in [0.05, 0.1) is 0 Å². The Bertz CT molecular complexity index is 201. The molecule has 1 aliphatic heterocycles. The lowest BCUT2D eigenvalue weighted by Crippen LogP contribution is -2.41. The molecule has 3 nitrogen and oxygen atoms in total. The van der Waals surface area contributed by atoms with Crippen molar-refractivity contribution in [3.63, 3.8) is 0 Å². The molecule has 0 unspecified atom stereocenters. The van der Waals surface area contributed by atoms with E-state index in [1.807, 2.05) is 4.90 Å². The summed E-state index contributed by atoms with van der Waals surface area (Å²) in [7, 11) is 0. The average molecular weight is 182 g/mol. The molecule has 2 rings (SSSR count). The molecule has 1 N–H and O–H groups in total. The summed E-state index contributed by atoms with van der Waals surface area (Å²) in [6.45, 7) is 3.64. The Morgan fingerprint density at radius 2 is 2.23 bits per heavy atom. The van der Waals surface area contributed by atoms with Crippen molar-refractivity contribution >= 4 is 5.91 Å². The summed E-state index contributed by atoms with van der Waals surface area (Å²) in [5.41, 5.74) is 0. The van der Waals surface area contributed by atoms with E-state index in [0.29, 0.717) is 6.04 Å². The van der Waals surface area contributed by atoms with Crippen molar-refractivity contribution in [3.05, 3.63) is 0 Å². The minimum Gasteiger partial charge on any atom is -0.339 e. The number of nitrogens with zero attached hydrogens (tertiary/aromatic N) is 1. The number of nitrogens with one attached hydrogen (secondary N) is 1. The van der Waals surface area contributed by atoms with Crippen molar-refractivity contribution in [2.45, 2.75) is 44.7 Å². The predicted octanol–water partition coefficient (Wildman–Crippen LogP) is 0.749. The van der Waals surface area contributed by atoms with Crippen LogP contribution < -0.4 is 5.32 Å². The highest BCUT2D eigenvalue weighted by atomic mass is 16.2. The number of rotatable bonds is 3. The van der Waals surface area contributed by atoms with E-state index in [9.17, 15) is 4.79 Å². The first kappa shape index (κ1) is 9.00. The lowest BCUT2D eigenvalue weighted by molar-refractivity contribution is -0.129. The number of amides is 1. The molecule has 1 saturated heterocycles. The van der Waals surface area contributed by atoms with Gasteiger partial charge in [0.15, 0.2) is 0 Å². The van der Waals surface area contributed by atoms with Gasteiger partial charge in [-0.3, -0.25) is 4.79 Å². The molecular formula is C10H18N2O. The second-order valence-electron chi connectivity index (χ2n) is 4.19. The number of carbonyl (C=O) groups is 1. The van der Waals surface area contributed by atoms with Gasteiger partial charge < -0.3 is 10.2 Å². The number of hydrogen-bond acceptors (Lipinski definition) is 2. The predicted molar refractivity (Wildman–Crippen MR) is 51.4 cm³/mol. The molecule has 0 aromatic carbocycles. The van der Waals surface area contributed by atoms with Gasteiger partial charge >= 0.3 is 0 Å². The van der Waals surface area contributed by atoms with Crippen molar-refractivity contribution in [2.24, 2.45) is 0 Å². The summed E-state index contributed by atoms with van der Waals surface area (Å²) in [5, 5.41) is 3.49. The van der Waals surface area contributed by atoms with Gasteiger partial charge in [0.1, 0.15) is 0 Å². The quantitative estimate of drug-likeness (QED) is 0.698. The molecule has 3 heteroatoms. The van der Waals surface area contributed by atoms with Crippen LogP contribution in [0.3, 0.4) is 0 Å². The first-order chi connectivity index (χ1) is 6.27. The lowest BCUT2D eigenvalue weighted by Gasteiger charge is -2.23. The molecule has 13 heavy (non-hydrogen) atoms. The van der Waals surface area contributed by atoms with Crippen LogP contribution in [0.4, 0.5) is 0 Å². The van der Waals surface area contributed by atoms with Crippen LogP contribution in [-0.4, -0.2) is 36.0 Å². The van der Waals surface area contributed by atoms with Crippen molar-refractivity contribution in [2.75, 3.05) is 13.1 Å². The van der Waals surface area contributed by atoms with E-state index in [2.05, 4.69) is 5.32 Å². The molecule has 1 aliphatic carbocycles. The molecule has 0 radical (unpaired) electrons. The summed E-state index contributed by atoms with van der Waals surface area (Å²) < 4.78 is 0. The van der Waals surface area contributed by atoms with Crippen LogP contribution in [0.25, 0.3) is 0 Å². The van der Waals surface area contributed by atoms with Crippen LogP contribution in [0.5, 0.6) is 0 Å². The molecule has 74 valence electrons. The molecule has 1 amide bonds. The van der Waals surface area contributed by atoms with Crippen LogP contribution in [0.1, 0.15) is 32.6 Å². The first-order valence-corrected chi connectivity index (χ1v) is 5.28. The van der Waals surface area contributed by atoms with Crippen LogP contribution in [0.2, 0.25) is 0 Å². The van der Waals surface area contributed by atoms with E-state index in [1.165, 1.54) is 25.7 Å². The van der Waals surface area contributed by atoms with Gasteiger partial charge in [0.2, 0.25) is 5.91 Å². The third-order valence-corrected chi connectivity index (χ3v) is 3.00. The first-order valence-electron chi connectivity index (χ1n) is 5.28. The molecule has 1 saturated carbocycles. The fourth-order valence-corrected chi connectivity index (χ4v) is 2.05. The van der Waals surface area contributed by atoms with E-state index >= 15 is 0 Å². The average Bonchev–Trinajstić information content (AvgIpc) is 2.79. The summed E-state index contributed by atoms with van der Waals surface area (Å²) in [6, 6.07) is 1.23. The summed E-state index contributed by atoms with van der Waals surface area (Å²) in [5.74, 6) is 0.236. The van der Waals surface area contributed by atoms with E-state index in [4.69, 9.17) is 0 Å². The Balaban J connectivity index is 1.78. The highest BCUT2D eigenvalue weighted by Crippen LogP contribution is 2.21. The standard InChI is InChI=1S/C10H18N2O/c1-8(13)12-6-2-3-10(12)7-11-9-4-5-9/h9-11H,2-7H2,1H3/t10-/m1/s1. The molecule has 0 aromatic heterocycles. The zero-order chi connectivity index (χ0) is 9.26. The van der Waals surface area contributed by atoms with Gasteiger partial charge in [-0.1, -0.05) is 0 Å². The van der Waals surface area contributed by atoms with Crippen molar-refractivity contribution < 1.29 is 4.79 Å². The Labute approximate surface area is 79.5 Å². The SMILES string of the molecule is CC(=O)N1CCC[C@@H]1CNC1CC1. The largest absolute Gasteiger partial charge is 0.339 e. The molecule has 2 aliphatic rings. The minimum absolute atomic E-state index is 0.236. The number of carbonyl (C=O) groups excluding carboxylic acids is 1. The topological polar surface area (TPSA) is 32.3 Å². The Hall–Kier alpha value is -0.570. The smallest absolute Gasteiger partial charge is 0.219 e. The lowest BCUT2D eigenvalue weighted by atomic mass is 10.2. The maximum Gasteiger partial charge on any atom is 0.219 e. The van der Waals surface area contributed by atoms with Gasteiger partial charge in [-0.05, 0) is 25.7 Å². The number of likely N-dealkylation sites (tertiary alicyclic amines) is 1. The second kappa shape index (κ2) is 3.66. The second-order valence-corrected chi connectivity index (χ2v) is 4.19. The number of hydrogen-bond donors (Lipinski definition) is 1. The normalized spacial score (nSPS) is 28.1. The Kier molecular flexibility index (Phi) is 2.54. The fourth-order valence-electron chi connectivity index (χ4n) is 2.05. The zero-order valence-corrected chi connectivity index (χ0v) is 8.25. The van der Waals surface area contributed by atoms with E-state index in [0.717, 1.165) is 19.1 Å². The van der Waals surface area contributed by atoms with Crippen molar-refractivity contribution in [1.29, 1.82) is 0 Å². The highest BCUT2D eigenvalue weighted by molar-refractivity contribution is 5.73. The zero-order valence-electron chi connectivity index (χ0n) is 8.25. The van der Waals surface area contributed by atoms with Crippen molar-refractivity contribution in [1.82, 2.24) is 10.2 Å². The third-order valence-electron chi connectivity index (χ3n) is 3.00. The summed E-state index contributed by atoms with van der Waals surface area (Å²) in [6.07, 6.45) is 5.01. The van der Waals surface area contributed by atoms with Gasteiger partial charge in [-0.2, -0.15) is 0 Å². The Morgan fingerprint density at radius 3 is 2.85 bits per heavy atom. The van der Waals surface area contributed by atoms with E-state index in [-0.39, 0.29) is 5.91 Å². The summed E-state index contributed by atoms with van der Waals surface area (Å²) in [4.78, 5) is 13.2. The van der Waals surface area contributed by atoms with Gasteiger partial charge in [-0.25, -0.2) is 0 Å². The van der Waals surface area contributed by atoms with Crippen LogP contribution >= 0.6 is 0 Å². The van der Waals surface area contributed by atoms with E-state index in [1.54, 1.807) is 6.92 Å². The van der Waals surface area contributed by atoms with Crippen LogP contribution in [0, 0.1) is 0 Å². The highest BCUT2D eigenvalue weighted by Gasteiger charge is 2.28. The maximum absolute atomic E-state index is 11.2. The van der Waals surface area contributed by atoms with Crippen LogP contribution in [0.15, 0.2) is 0 Å². The molecule has 0 bridgehead atoms. The molecule has 0 spiro atoms. The molecule has 0 aromatic rings. The fraction of sp³-hybridized carbons (Fsp3) is 0.900. The minimum atomic E-state index is 0.236. The maximum atomic E-state index is 11.2. The molecular weight excluding hydrogens is 164 g/mol. The molecule has 2 fully saturated rings. The van der Waals surface area contributed by atoms with E-state index < -0.39 is 0 Å². The Morgan fingerprint density at radius 1 is 1.46 bits per heavy atom. The van der Waals surface area contributed by atoms with Crippen molar-refractivity contribution in [3.8, 4) is 0 Å². The molecule has 1 atom stereocenters. The van der Waals surface area contributed by atoms with Gasteiger partial charge in [0, 0.05) is 32.1 Å². The third kappa shape index (κ3) is 2.21. The summed E-state index contributed by atoms with van der Waals surface area (Å²) >= 11 is 0. The van der Waals surface area contributed by atoms with Gasteiger partial charge in [-0.15, -0.1) is 0 Å². The molecule has 1 heterocycles. The van der Waals surface area contributed by atoms with Crippen LogP contribution in [-0.2, 0) is 4.79 Å². The monoisotopic (exact) mass is 182 g/mol.